The summed E-state index contributed by atoms with van der Waals surface area (Å²) in [6.07, 6.45) is 1.59. The highest BCUT2D eigenvalue weighted by Crippen LogP contribution is 2.31. The molecule has 0 radical (unpaired) electrons. The summed E-state index contributed by atoms with van der Waals surface area (Å²) in [6, 6.07) is 11.6. The van der Waals surface area contributed by atoms with Crippen LogP contribution in [0.1, 0.15) is 12.5 Å². The lowest BCUT2D eigenvalue weighted by atomic mass is 10.2. The van der Waals surface area contributed by atoms with Gasteiger partial charge < -0.3 is 9.15 Å². The summed E-state index contributed by atoms with van der Waals surface area (Å²) in [7, 11) is 1.37. The van der Waals surface area contributed by atoms with Crippen molar-refractivity contribution in [1.29, 1.82) is 0 Å². The second-order valence-electron chi connectivity index (χ2n) is 5.19. The Balaban J connectivity index is 2.10. The molecule has 0 fully saturated rings. The number of para-hydroxylation sites is 1. The molecule has 0 amide bonds. The predicted octanol–water partition coefficient (Wildman–Crippen LogP) is 3.49. The van der Waals surface area contributed by atoms with Gasteiger partial charge in [-0.2, -0.15) is 0 Å². The molecule has 0 aliphatic carbocycles. The number of benzene rings is 1. The molecule has 2 heterocycles. The monoisotopic (exact) mass is 343 g/mol. The fraction of sp³-hybridized carbons (Fsp3) is 0.235. The van der Waals surface area contributed by atoms with Crippen LogP contribution in [0.2, 0.25) is 0 Å². The maximum absolute atomic E-state index is 11.7. The van der Waals surface area contributed by atoms with Crippen molar-refractivity contribution in [3.8, 4) is 17.3 Å². The molecule has 1 atom stereocenters. The average molecular weight is 343 g/mol. The molecule has 124 valence electrons. The van der Waals surface area contributed by atoms with Crippen molar-refractivity contribution in [2.24, 2.45) is 0 Å². The molecule has 3 aromatic rings. The van der Waals surface area contributed by atoms with Crippen molar-refractivity contribution in [3.05, 3.63) is 48.2 Å². The first kappa shape index (κ1) is 16.3. The number of ether oxygens (including phenoxy) is 1. The van der Waals surface area contributed by atoms with Gasteiger partial charge >= 0.3 is 5.97 Å². The highest BCUT2D eigenvalue weighted by molar-refractivity contribution is 8.00. The molecule has 2 aromatic heterocycles. The van der Waals surface area contributed by atoms with E-state index in [0.29, 0.717) is 16.7 Å². The molecule has 6 nitrogen and oxygen atoms in total. The Bertz CT molecular complexity index is 843. The molecule has 24 heavy (non-hydrogen) atoms. The van der Waals surface area contributed by atoms with Gasteiger partial charge in [0.15, 0.2) is 10.9 Å². The Hall–Kier alpha value is -2.54. The minimum absolute atomic E-state index is 0.307. The van der Waals surface area contributed by atoms with Gasteiger partial charge in [0, 0.05) is 0 Å². The highest BCUT2D eigenvalue weighted by atomic mass is 32.2. The summed E-state index contributed by atoms with van der Waals surface area (Å²) in [4.78, 5) is 11.7. The van der Waals surface area contributed by atoms with E-state index in [4.69, 9.17) is 9.15 Å². The Labute approximate surface area is 143 Å². The minimum Gasteiger partial charge on any atom is -0.468 e. The van der Waals surface area contributed by atoms with Crippen molar-refractivity contribution in [2.75, 3.05) is 7.11 Å². The van der Waals surface area contributed by atoms with Gasteiger partial charge in [0.05, 0.1) is 19.1 Å². The SMILES string of the molecule is COC(=O)[C@H](C)Sc1nnc(-c2ccco2)n1-c1ccccc1C. The highest BCUT2D eigenvalue weighted by Gasteiger charge is 2.23. The lowest BCUT2D eigenvalue weighted by Crippen LogP contribution is -2.15. The zero-order chi connectivity index (χ0) is 17.1. The Morgan fingerprint density at radius 2 is 2.04 bits per heavy atom. The Morgan fingerprint density at radius 3 is 2.71 bits per heavy atom. The van der Waals surface area contributed by atoms with E-state index in [2.05, 4.69) is 10.2 Å². The summed E-state index contributed by atoms with van der Waals surface area (Å²) in [5.74, 6) is 0.899. The van der Waals surface area contributed by atoms with E-state index in [9.17, 15) is 4.79 Å². The van der Waals surface area contributed by atoms with E-state index in [-0.39, 0.29) is 5.97 Å². The fourth-order valence-electron chi connectivity index (χ4n) is 2.32. The minimum atomic E-state index is -0.397. The molecule has 0 unspecified atom stereocenters. The molecule has 0 bridgehead atoms. The smallest absolute Gasteiger partial charge is 0.318 e. The van der Waals surface area contributed by atoms with Crippen molar-refractivity contribution in [2.45, 2.75) is 24.3 Å². The van der Waals surface area contributed by atoms with Crippen LogP contribution in [-0.2, 0) is 9.53 Å². The maximum atomic E-state index is 11.7. The number of methoxy groups -OCH3 is 1. The van der Waals surface area contributed by atoms with Crippen molar-refractivity contribution < 1.29 is 13.9 Å². The first-order chi connectivity index (χ1) is 11.6. The number of aromatic nitrogens is 3. The van der Waals surface area contributed by atoms with Gasteiger partial charge in [-0.05, 0) is 37.6 Å². The standard InChI is InChI=1S/C17H17N3O3S/c1-11-7-4-5-8-13(11)20-15(14-9-6-10-23-14)18-19-17(20)24-12(2)16(21)22-3/h4-10,12H,1-3H3/t12-/m0/s1. The Morgan fingerprint density at radius 1 is 1.25 bits per heavy atom. The number of nitrogens with zero attached hydrogens (tertiary/aromatic N) is 3. The molecular formula is C17H17N3O3S. The van der Waals surface area contributed by atoms with Gasteiger partial charge in [-0.1, -0.05) is 30.0 Å². The van der Waals surface area contributed by atoms with E-state index in [0.717, 1.165) is 11.3 Å². The number of hydrogen-bond donors (Lipinski definition) is 0. The van der Waals surface area contributed by atoms with E-state index in [1.165, 1.54) is 18.9 Å². The van der Waals surface area contributed by atoms with Crippen LogP contribution in [-0.4, -0.2) is 33.1 Å². The molecule has 0 saturated heterocycles. The fourth-order valence-corrected chi connectivity index (χ4v) is 3.20. The average Bonchev–Trinajstić information content (AvgIpc) is 3.24. The third-order valence-corrected chi connectivity index (χ3v) is 4.57. The molecule has 3 rings (SSSR count). The topological polar surface area (TPSA) is 70.2 Å². The first-order valence-electron chi connectivity index (χ1n) is 7.41. The lowest BCUT2D eigenvalue weighted by molar-refractivity contribution is -0.139. The number of rotatable bonds is 5. The second kappa shape index (κ2) is 6.92. The van der Waals surface area contributed by atoms with Gasteiger partial charge in [-0.25, -0.2) is 0 Å². The summed E-state index contributed by atoms with van der Waals surface area (Å²) in [6.45, 7) is 3.79. The summed E-state index contributed by atoms with van der Waals surface area (Å²) in [5, 5.41) is 8.72. The van der Waals surface area contributed by atoms with Crippen LogP contribution in [0, 0.1) is 6.92 Å². The quantitative estimate of drug-likeness (QED) is 0.522. The maximum Gasteiger partial charge on any atom is 0.318 e. The molecule has 0 saturated carbocycles. The first-order valence-corrected chi connectivity index (χ1v) is 8.29. The third kappa shape index (κ3) is 3.07. The largest absolute Gasteiger partial charge is 0.468 e. The summed E-state index contributed by atoms with van der Waals surface area (Å²) < 4.78 is 12.2. The van der Waals surface area contributed by atoms with E-state index >= 15 is 0 Å². The third-order valence-electron chi connectivity index (χ3n) is 3.55. The second-order valence-corrected chi connectivity index (χ2v) is 6.50. The molecule has 0 aliphatic rings. The van der Waals surface area contributed by atoms with Crippen molar-refractivity contribution >= 4 is 17.7 Å². The molecular weight excluding hydrogens is 326 g/mol. The van der Waals surface area contributed by atoms with Crippen LogP contribution in [0.4, 0.5) is 0 Å². The van der Waals surface area contributed by atoms with Crippen LogP contribution in [0.25, 0.3) is 17.3 Å². The number of thioether (sulfide) groups is 1. The molecule has 0 spiro atoms. The van der Waals surface area contributed by atoms with Crippen LogP contribution in [0.5, 0.6) is 0 Å². The number of aryl methyl sites for hydroxylation is 1. The number of hydrogen-bond acceptors (Lipinski definition) is 6. The number of carbonyl (C=O) groups excluding carboxylic acids is 1. The van der Waals surface area contributed by atoms with E-state index in [1.807, 2.05) is 41.8 Å². The predicted molar refractivity (Wildman–Crippen MR) is 91.1 cm³/mol. The summed E-state index contributed by atoms with van der Waals surface area (Å²) in [5.41, 5.74) is 2.01. The van der Waals surface area contributed by atoms with Crippen LogP contribution < -0.4 is 0 Å². The van der Waals surface area contributed by atoms with E-state index < -0.39 is 5.25 Å². The number of esters is 1. The van der Waals surface area contributed by atoms with E-state index in [1.54, 1.807) is 19.3 Å². The summed E-state index contributed by atoms with van der Waals surface area (Å²) >= 11 is 1.30. The van der Waals surface area contributed by atoms with Gasteiger partial charge in [0.25, 0.3) is 0 Å². The van der Waals surface area contributed by atoms with Crippen LogP contribution >= 0.6 is 11.8 Å². The van der Waals surface area contributed by atoms with Gasteiger partial charge in [-0.3, -0.25) is 9.36 Å². The zero-order valence-electron chi connectivity index (χ0n) is 13.6. The molecule has 7 heteroatoms. The molecule has 1 aromatic carbocycles. The van der Waals surface area contributed by atoms with Gasteiger partial charge in [0.1, 0.15) is 5.25 Å². The van der Waals surface area contributed by atoms with Crippen LogP contribution in [0.15, 0.2) is 52.2 Å². The normalized spacial score (nSPS) is 12.1. The van der Waals surface area contributed by atoms with Gasteiger partial charge in [-0.15, -0.1) is 10.2 Å². The van der Waals surface area contributed by atoms with Crippen molar-refractivity contribution in [3.63, 3.8) is 0 Å². The van der Waals surface area contributed by atoms with Crippen LogP contribution in [0.3, 0.4) is 0 Å². The Kier molecular flexibility index (Phi) is 4.71. The number of carbonyl (C=O) groups is 1. The van der Waals surface area contributed by atoms with Crippen molar-refractivity contribution in [1.82, 2.24) is 14.8 Å². The van der Waals surface area contributed by atoms with Gasteiger partial charge in [0.2, 0.25) is 5.82 Å². The zero-order valence-corrected chi connectivity index (χ0v) is 14.4. The number of furan rings is 1. The lowest BCUT2D eigenvalue weighted by Gasteiger charge is -2.13. The molecule has 0 N–H and O–H groups in total. The molecule has 0 aliphatic heterocycles.